The molecule has 0 spiro atoms. The number of hydrazone groups is 1. The minimum Gasteiger partial charge on any atom is -0.497 e. The predicted octanol–water partition coefficient (Wildman–Crippen LogP) is 4.46. The highest BCUT2D eigenvalue weighted by molar-refractivity contribution is 8.19. The molecule has 1 aliphatic rings. The summed E-state index contributed by atoms with van der Waals surface area (Å²) >= 11 is 6.15. The number of benzene rings is 3. The molecule has 1 heterocycles. The number of rotatable bonds is 6. The SMILES string of the molecule is COc1ccc(P2(=S)CC(c3ccccc3)=NN2c2ccc([N+](=O)[O-])cc2[N+](=O)[O-])cc1. The number of nitro groups is 2. The Bertz CT molecular complexity index is 1280. The van der Waals surface area contributed by atoms with E-state index in [1.807, 2.05) is 42.5 Å². The lowest BCUT2D eigenvalue weighted by molar-refractivity contribution is -0.393. The zero-order valence-electron chi connectivity index (χ0n) is 16.8. The van der Waals surface area contributed by atoms with Gasteiger partial charge in [0, 0.05) is 17.5 Å². The molecule has 0 saturated carbocycles. The number of hydrogen-bond donors (Lipinski definition) is 0. The topological polar surface area (TPSA) is 111 Å². The van der Waals surface area contributed by atoms with Gasteiger partial charge in [-0.2, -0.15) is 5.10 Å². The lowest BCUT2D eigenvalue weighted by atomic mass is 10.1. The van der Waals surface area contributed by atoms with E-state index in [0.29, 0.717) is 17.6 Å². The Labute approximate surface area is 188 Å². The minimum atomic E-state index is -2.68. The molecule has 0 aliphatic carbocycles. The zero-order valence-corrected chi connectivity index (χ0v) is 18.5. The van der Waals surface area contributed by atoms with Gasteiger partial charge in [-0.3, -0.25) is 20.2 Å². The van der Waals surface area contributed by atoms with Crippen molar-refractivity contribution in [3.05, 3.63) is 98.6 Å². The molecule has 3 aromatic carbocycles. The summed E-state index contributed by atoms with van der Waals surface area (Å²) in [7, 11) is 1.56. The summed E-state index contributed by atoms with van der Waals surface area (Å²) in [5.74, 6) is 0.659. The Morgan fingerprint density at radius 3 is 2.28 bits per heavy atom. The van der Waals surface area contributed by atoms with Gasteiger partial charge >= 0.3 is 5.69 Å². The van der Waals surface area contributed by atoms with E-state index in [0.717, 1.165) is 16.9 Å². The lowest BCUT2D eigenvalue weighted by Crippen LogP contribution is -2.20. The van der Waals surface area contributed by atoms with E-state index in [1.165, 1.54) is 16.9 Å². The third-order valence-electron chi connectivity index (χ3n) is 5.05. The number of nitro benzene ring substituents is 2. The van der Waals surface area contributed by atoms with Gasteiger partial charge < -0.3 is 4.74 Å². The van der Waals surface area contributed by atoms with Crippen LogP contribution in [0.4, 0.5) is 17.1 Å². The van der Waals surface area contributed by atoms with E-state index < -0.39 is 21.7 Å². The summed E-state index contributed by atoms with van der Waals surface area (Å²) in [5.41, 5.74) is 0.912. The molecule has 11 heteroatoms. The number of methoxy groups -OCH3 is 1. The third-order valence-corrected chi connectivity index (χ3v) is 9.28. The monoisotopic (exact) mass is 468 g/mol. The number of hydrogen-bond acceptors (Lipinski definition) is 7. The summed E-state index contributed by atoms with van der Waals surface area (Å²) in [6.45, 7) is 0. The normalized spacial score (nSPS) is 17.7. The highest BCUT2D eigenvalue weighted by Gasteiger charge is 2.39. The lowest BCUT2D eigenvalue weighted by Gasteiger charge is -2.27. The van der Waals surface area contributed by atoms with Crippen LogP contribution in [0.15, 0.2) is 77.9 Å². The fourth-order valence-electron chi connectivity index (χ4n) is 3.45. The molecule has 1 atom stereocenters. The number of ether oxygens (including phenoxy) is 1. The highest BCUT2D eigenvalue weighted by atomic mass is 32.4. The van der Waals surface area contributed by atoms with Crippen molar-refractivity contribution in [1.29, 1.82) is 0 Å². The second-order valence-corrected chi connectivity index (χ2v) is 11.4. The van der Waals surface area contributed by atoms with Crippen LogP contribution < -0.4 is 14.8 Å². The molecule has 0 N–H and O–H groups in total. The van der Waals surface area contributed by atoms with Crippen LogP contribution in [0.1, 0.15) is 5.56 Å². The predicted molar refractivity (Wildman–Crippen MR) is 127 cm³/mol. The Morgan fingerprint density at radius 2 is 1.69 bits per heavy atom. The molecular formula is C21H17N4O5PS. The Hall–Kier alpha value is -3.62. The fourth-order valence-corrected chi connectivity index (χ4v) is 7.13. The van der Waals surface area contributed by atoms with Crippen LogP contribution >= 0.6 is 6.19 Å². The second-order valence-electron chi connectivity index (χ2n) is 6.95. The van der Waals surface area contributed by atoms with Crippen molar-refractivity contribution >= 4 is 46.1 Å². The summed E-state index contributed by atoms with van der Waals surface area (Å²) in [4.78, 5) is 21.7. The summed E-state index contributed by atoms with van der Waals surface area (Å²) in [6.07, 6.45) is -2.27. The Balaban J connectivity index is 1.90. The van der Waals surface area contributed by atoms with Gasteiger partial charge in [-0.1, -0.05) is 42.1 Å². The van der Waals surface area contributed by atoms with Crippen LogP contribution in [-0.2, 0) is 11.8 Å². The first kappa shape index (κ1) is 21.6. The minimum absolute atomic E-state index is 0.130. The van der Waals surface area contributed by atoms with Gasteiger partial charge in [0.15, 0.2) is 0 Å². The quantitative estimate of drug-likeness (QED) is 0.298. The average molecular weight is 468 g/mol. The van der Waals surface area contributed by atoms with Crippen LogP contribution in [-0.4, -0.2) is 28.8 Å². The molecule has 0 radical (unpaired) electrons. The maximum atomic E-state index is 11.8. The van der Waals surface area contributed by atoms with Crippen LogP contribution in [0.2, 0.25) is 0 Å². The average Bonchev–Trinajstić information content (AvgIpc) is 3.17. The van der Waals surface area contributed by atoms with Crippen molar-refractivity contribution in [2.75, 3.05) is 18.1 Å². The molecule has 0 fully saturated rings. The molecule has 32 heavy (non-hydrogen) atoms. The summed E-state index contributed by atoms with van der Waals surface area (Å²) in [5, 5.41) is 28.5. The van der Waals surface area contributed by atoms with Crippen molar-refractivity contribution in [3.63, 3.8) is 0 Å². The number of non-ortho nitro benzene ring substituents is 1. The van der Waals surface area contributed by atoms with Crippen LogP contribution in [0.25, 0.3) is 0 Å². The van der Waals surface area contributed by atoms with Crippen molar-refractivity contribution in [2.24, 2.45) is 5.10 Å². The Morgan fingerprint density at radius 1 is 1.00 bits per heavy atom. The maximum Gasteiger partial charge on any atom is 0.301 e. The van der Waals surface area contributed by atoms with Gasteiger partial charge in [-0.25, -0.2) is 4.78 Å². The summed E-state index contributed by atoms with van der Waals surface area (Å²) < 4.78 is 6.76. The van der Waals surface area contributed by atoms with E-state index in [9.17, 15) is 20.2 Å². The van der Waals surface area contributed by atoms with Gasteiger partial charge in [-0.05, 0) is 35.9 Å². The number of anilines is 1. The molecule has 1 unspecified atom stereocenters. The van der Waals surface area contributed by atoms with E-state index in [4.69, 9.17) is 21.6 Å². The summed E-state index contributed by atoms with van der Waals surface area (Å²) in [6, 6.07) is 20.2. The zero-order chi connectivity index (χ0) is 22.9. The second kappa shape index (κ2) is 8.49. The largest absolute Gasteiger partial charge is 0.497 e. The van der Waals surface area contributed by atoms with Crippen LogP contribution in [0.5, 0.6) is 5.75 Å². The molecule has 0 bridgehead atoms. The van der Waals surface area contributed by atoms with Gasteiger partial charge in [0.1, 0.15) is 11.4 Å². The van der Waals surface area contributed by atoms with E-state index in [2.05, 4.69) is 0 Å². The van der Waals surface area contributed by atoms with Crippen molar-refractivity contribution in [3.8, 4) is 5.75 Å². The van der Waals surface area contributed by atoms with Gasteiger partial charge in [0.2, 0.25) is 0 Å². The van der Waals surface area contributed by atoms with Crippen LogP contribution in [0, 0.1) is 20.2 Å². The standard InChI is InChI=1S/C21H17N4O5PS/c1-30-17-8-10-18(11-9-17)31(32)14-19(15-5-3-2-4-6-15)22-23(31)20-12-7-16(24(26)27)13-21(20)25(28)29/h2-13H,14H2,1H3. The molecular weight excluding hydrogens is 451 g/mol. The first-order valence-corrected chi connectivity index (χ1v) is 12.4. The van der Waals surface area contributed by atoms with Gasteiger partial charge in [0.05, 0.1) is 34.9 Å². The molecule has 9 nitrogen and oxygen atoms in total. The van der Waals surface area contributed by atoms with Crippen LogP contribution in [0.3, 0.4) is 0 Å². The smallest absolute Gasteiger partial charge is 0.301 e. The molecule has 1 aliphatic heterocycles. The molecule has 0 saturated heterocycles. The molecule has 0 aromatic heterocycles. The maximum absolute atomic E-state index is 11.8. The highest BCUT2D eigenvalue weighted by Crippen LogP contribution is 2.57. The first-order chi connectivity index (χ1) is 15.3. The van der Waals surface area contributed by atoms with Crippen molar-refractivity contribution in [1.82, 2.24) is 0 Å². The number of nitrogens with zero attached hydrogens (tertiary/aromatic N) is 4. The molecule has 4 rings (SSSR count). The van der Waals surface area contributed by atoms with Gasteiger partial charge in [-0.15, -0.1) is 0 Å². The molecule has 0 amide bonds. The molecule has 3 aromatic rings. The van der Waals surface area contributed by atoms with E-state index in [-0.39, 0.29) is 11.4 Å². The van der Waals surface area contributed by atoms with E-state index in [1.54, 1.807) is 19.2 Å². The van der Waals surface area contributed by atoms with E-state index >= 15 is 0 Å². The Kier molecular flexibility index (Phi) is 5.73. The van der Waals surface area contributed by atoms with Crippen molar-refractivity contribution in [2.45, 2.75) is 0 Å². The first-order valence-electron chi connectivity index (χ1n) is 9.43. The molecule has 162 valence electrons. The van der Waals surface area contributed by atoms with Gasteiger partial charge in [0.25, 0.3) is 5.69 Å². The van der Waals surface area contributed by atoms with Crippen molar-refractivity contribution < 1.29 is 14.6 Å². The fraction of sp³-hybridized carbons (Fsp3) is 0.0952. The third kappa shape index (κ3) is 3.86.